The molecule has 0 saturated carbocycles. The predicted octanol–water partition coefficient (Wildman–Crippen LogP) is 4.74. The molecule has 0 radical (unpaired) electrons. The lowest BCUT2D eigenvalue weighted by molar-refractivity contribution is -0.144. The molecule has 2 aromatic carbocycles. The average Bonchev–Trinajstić information content (AvgIpc) is 2.68. The van der Waals surface area contributed by atoms with Crippen LogP contribution in [0.25, 0.3) is 0 Å². The minimum atomic E-state index is -4.47. The number of halogens is 4. The summed E-state index contributed by atoms with van der Waals surface area (Å²) in [5.41, 5.74) is 0.166. The highest BCUT2D eigenvalue weighted by Gasteiger charge is 2.34. The Morgan fingerprint density at radius 1 is 1.21 bits per heavy atom. The third-order valence-corrected chi connectivity index (χ3v) is 5.21. The number of likely N-dealkylation sites (tertiary alicyclic amines) is 1. The van der Waals surface area contributed by atoms with Gasteiger partial charge in [-0.3, -0.25) is 9.69 Å². The van der Waals surface area contributed by atoms with E-state index in [1.807, 2.05) is 4.90 Å². The lowest BCUT2D eigenvalue weighted by Crippen LogP contribution is -2.41. The fraction of sp³-hybridized carbons (Fsp3) is 0.381. The maximum atomic E-state index is 14.0. The Balaban J connectivity index is 2.07. The summed E-state index contributed by atoms with van der Waals surface area (Å²) in [4.78, 5) is 13.4. The molecule has 156 valence electrons. The van der Waals surface area contributed by atoms with E-state index in [9.17, 15) is 27.5 Å². The highest BCUT2D eigenvalue weighted by atomic mass is 19.4. The standard InChI is InChI=1S/C21H21F4NO3/c1-29-18-9-8-16(22)11-17(18)19(26-10-2-3-14(12-26)20(27)28)13-4-6-15(7-5-13)21(23,24)25/h4-9,11,14,19H,2-3,10,12H2,1H3,(H,27,28). The summed E-state index contributed by atoms with van der Waals surface area (Å²) in [6.45, 7) is 0.746. The monoisotopic (exact) mass is 411 g/mol. The average molecular weight is 411 g/mol. The number of aliphatic carboxylic acids is 1. The Kier molecular flexibility index (Phi) is 6.12. The number of alkyl halides is 3. The molecule has 0 amide bonds. The normalized spacial score (nSPS) is 19.0. The van der Waals surface area contributed by atoms with Crippen molar-refractivity contribution in [2.75, 3.05) is 20.2 Å². The Morgan fingerprint density at radius 3 is 2.48 bits per heavy atom. The van der Waals surface area contributed by atoms with Crippen molar-refractivity contribution in [1.29, 1.82) is 0 Å². The number of carboxylic acids is 1. The molecule has 1 fully saturated rings. The van der Waals surface area contributed by atoms with Gasteiger partial charge in [0.25, 0.3) is 0 Å². The fourth-order valence-corrected chi connectivity index (χ4v) is 3.80. The van der Waals surface area contributed by atoms with Crippen LogP contribution in [0.4, 0.5) is 17.6 Å². The summed E-state index contributed by atoms with van der Waals surface area (Å²) in [5.74, 6) is -1.65. The second-order valence-electron chi connectivity index (χ2n) is 7.08. The van der Waals surface area contributed by atoms with Crippen molar-refractivity contribution >= 4 is 5.97 Å². The number of carboxylic acid groups (broad SMARTS) is 1. The molecule has 1 aliphatic rings. The molecule has 2 aromatic rings. The summed E-state index contributed by atoms with van der Waals surface area (Å²) in [7, 11) is 1.43. The minimum Gasteiger partial charge on any atom is -0.496 e. The van der Waals surface area contributed by atoms with Crippen LogP contribution < -0.4 is 4.74 Å². The first kappa shape index (κ1) is 21.1. The molecule has 1 saturated heterocycles. The van der Waals surface area contributed by atoms with Crippen molar-refractivity contribution in [3.63, 3.8) is 0 Å². The summed E-state index contributed by atoms with van der Waals surface area (Å²) >= 11 is 0. The highest BCUT2D eigenvalue weighted by Crippen LogP contribution is 2.39. The molecule has 8 heteroatoms. The van der Waals surface area contributed by atoms with Crippen LogP contribution in [0.1, 0.15) is 35.6 Å². The molecule has 0 aromatic heterocycles. The number of benzene rings is 2. The molecule has 3 rings (SSSR count). The van der Waals surface area contributed by atoms with E-state index >= 15 is 0 Å². The van der Waals surface area contributed by atoms with Gasteiger partial charge in [-0.1, -0.05) is 12.1 Å². The summed E-state index contributed by atoms with van der Waals surface area (Å²) in [6.07, 6.45) is -3.33. The molecular weight excluding hydrogens is 390 g/mol. The first-order valence-electron chi connectivity index (χ1n) is 9.18. The SMILES string of the molecule is COc1ccc(F)cc1C(c1ccc(C(F)(F)F)cc1)N1CCCC(C(=O)O)C1. The lowest BCUT2D eigenvalue weighted by atomic mass is 9.90. The van der Waals surface area contributed by atoms with E-state index in [0.717, 1.165) is 12.1 Å². The van der Waals surface area contributed by atoms with Gasteiger partial charge in [0, 0.05) is 12.1 Å². The molecule has 1 N–H and O–H groups in total. The molecule has 2 atom stereocenters. The van der Waals surface area contributed by atoms with Crippen molar-refractivity contribution < 1.29 is 32.2 Å². The number of nitrogens with zero attached hydrogens (tertiary/aromatic N) is 1. The second-order valence-corrected chi connectivity index (χ2v) is 7.08. The molecule has 1 heterocycles. The Hall–Kier alpha value is -2.61. The zero-order valence-electron chi connectivity index (χ0n) is 15.7. The Morgan fingerprint density at radius 2 is 1.90 bits per heavy atom. The van der Waals surface area contributed by atoms with Gasteiger partial charge in [0.15, 0.2) is 0 Å². The van der Waals surface area contributed by atoms with Crippen LogP contribution in [0.15, 0.2) is 42.5 Å². The van der Waals surface area contributed by atoms with E-state index in [1.54, 1.807) is 0 Å². The lowest BCUT2D eigenvalue weighted by Gasteiger charge is -2.38. The van der Waals surface area contributed by atoms with Crippen LogP contribution >= 0.6 is 0 Å². The molecule has 1 aliphatic heterocycles. The molecule has 0 spiro atoms. The summed E-state index contributed by atoms with van der Waals surface area (Å²) in [5, 5.41) is 9.41. The topological polar surface area (TPSA) is 49.8 Å². The second kappa shape index (κ2) is 8.41. The molecule has 2 unspecified atom stereocenters. The molecular formula is C21H21F4NO3. The smallest absolute Gasteiger partial charge is 0.416 e. The van der Waals surface area contributed by atoms with Crippen LogP contribution in [0, 0.1) is 11.7 Å². The molecule has 0 bridgehead atoms. The van der Waals surface area contributed by atoms with E-state index in [2.05, 4.69) is 0 Å². The molecule has 0 aliphatic carbocycles. The van der Waals surface area contributed by atoms with Gasteiger partial charge in [0.05, 0.1) is 24.6 Å². The van der Waals surface area contributed by atoms with Gasteiger partial charge in [-0.25, -0.2) is 4.39 Å². The minimum absolute atomic E-state index is 0.209. The summed E-state index contributed by atoms with van der Waals surface area (Å²) in [6, 6.07) is 8.00. The van der Waals surface area contributed by atoms with Gasteiger partial charge in [-0.2, -0.15) is 13.2 Å². The van der Waals surface area contributed by atoms with Gasteiger partial charge < -0.3 is 9.84 Å². The largest absolute Gasteiger partial charge is 0.496 e. The number of hydrogen-bond donors (Lipinski definition) is 1. The van der Waals surface area contributed by atoms with E-state index in [0.29, 0.717) is 36.3 Å². The zero-order valence-corrected chi connectivity index (χ0v) is 15.7. The van der Waals surface area contributed by atoms with Crippen LogP contribution in [-0.2, 0) is 11.0 Å². The van der Waals surface area contributed by atoms with Gasteiger partial charge in [-0.05, 0) is 55.3 Å². The number of hydrogen-bond acceptors (Lipinski definition) is 3. The maximum absolute atomic E-state index is 14.0. The zero-order chi connectivity index (χ0) is 21.2. The quantitative estimate of drug-likeness (QED) is 0.723. The van der Waals surface area contributed by atoms with Crippen LogP contribution in [0.3, 0.4) is 0 Å². The first-order chi connectivity index (χ1) is 13.7. The Labute approximate surface area is 165 Å². The van der Waals surface area contributed by atoms with Crippen molar-refractivity contribution in [2.24, 2.45) is 5.92 Å². The molecule has 4 nitrogen and oxygen atoms in total. The number of piperidine rings is 1. The predicted molar refractivity (Wildman–Crippen MR) is 98.2 cm³/mol. The summed E-state index contributed by atoms with van der Waals surface area (Å²) < 4.78 is 58.3. The Bertz CT molecular complexity index is 867. The van der Waals surface area contributed by atoms with E-state index in [1.165, 1.54) is 37.4 Å². The van der Waals surface area contributed by atoms with Gasteiger partial charge >= 0.3 is 12.1 Å². The number of methoxy groups -OCH3 is 1. The third-order valence-electron chi connectivity index (χ3n) is 5.21. The fourth-order valence-electron chi connectivity index (χ4n) is 3.80. The van der Waals surface area contributed by atoms with Crippen LogP contribution in [-0.4, -0.2) is 36.2 Å². The van der Waals surface area contributed by atoms with Crippen molar-refractivity contribution in [3.05, 3.63) is 65.0 Å². The van der Waals surface area contributed by atoms with Crippen molar-refractivity contribution in [2.45, 2.75) is 25.1 Å². The van der Waals surface area contributed by atoms with Crippen LogP contribution in [0.2, 0.25) is 0 Å². The molecule has 29 heavy (non-hydrogen) atoms. The van der Waals surface area contributed by atoms with E-state index < -0.39 is 35.5 Å². The number of rotatable bonds is 5. The van der Waals surface area contributed by atoms with Gasteiger partial charge in [0.1, 0.15) is 11.6 Å². The van der Waals surface area contributed by atoms with E-state index in [-0.39, 0.29) is 6.54 Å². The third kappa shape index (κ3) is 4.70. The first-order valence-corrected chi connectivity index (χ1v) is 9.18. The highest BCUT2D eigenvalue weighted by molar-refractivity contribution is 5.70. The van der Waals surface area contributed by atoms with Crippen molar-refractivity contribution in [1.82, 2.24) is 4.90 Å². The van der Waals surface area contributed by atoms with Crippen molar-refractivity contribution in [3.8, 4) is 5.75 Å². The number of ether oxygens (including phenoxy) is 1. The van der Waals surface area contributed by atoms with Gasteiger partial charge in [0.2, 0.25) is 0 Å². The maximum Gasteiger partial charge on any atom is 0.416 e. The van der Waals surface area contributed by atoms with E-state index in [4.69, 9.17) is 4.74 Å². The van der Waals surface area contributed by atoms with Crippen LogP contribution in [0.5, 0.6) is 5.75 Å². The number of carbonyl (C=O) groups is 1. The van der Waals surface area contributed by atoms with Gasteiger partial charge in [-0.15, -0.1) is 0 Å².